The quantitative estimate of drug-likeness (QED) is 0.772. The van der Waals surface area contributed by atoms with Crippen molar-refractivity contribution in [2.24, 2.45) is 5.92 Å². The lowest BCUT2D eigenvalue weighted by atomic mass is 9.96. The number of hydrogen-bond acceptors (Lipinski definition) is 5. The average Bonchev–Trinajstić information content (AvgIpc) is 2.79. The van der Waals surface area contributed by atoms with Crippen molar-refractivity contribution in [3.63, 3.8) is 0 Å². The highest BCUT2D eigenvalue weighted by atomic mass is 35.5. The summed E-state index contributed by atoms with van der Waals surface area (Å²) < 4.78 is 0. The van der Waals surface area contributed by atoms with Crippen molar-refractivity contribution in [3.8, 4) is 0 Å². The number of piperazine rings is 1. The van der Waals surface area contributed by atoms with Crippen LogP contribution in [0.1, 0.15) is 23.3 Å². The van der Waals surface area contributed by atoms with Crippen LogP contribution in [0.3, 0.4) is 0 Å². The smallest absolute Gasteiger partial charge is 0.274 e. The van der Waals surface area contributed by atoms with E-state index in [0.29, 0.717) is 31.9 Å². The third-order valence-electron chi connectivity index (χ3n) is 5.60. The molecule has 0 bridgehead atoms. The molecule has 2 aromatic rings. The van der Waals surface area contributed by atoms with E-state index in [-0.39, 0.29) is 17.7 Å². The van der Waals surface area contributed by atoms with Crippen LogP contribution in [0.4, 0.5) is 5.69 Å². The molecule has 0 radical (unpaired) electrons. The van der Waals surface area contributed by atoms with Crippen molar-refractivity contribution in [2.75, 3.05) is 44.2 Å². The highest BCUT2D eigenvalue weighted by molar-refractivity contribution is 6.30. The summed E-state index contributed by atoms with van der Waals surface area (Å²) >= 11 is 6.10. The molecule has 3 heterocycles. The number of halogens is 1. The van der Waals surface area contributed by atoms with Gasteiger partial charge in [0.15, 0.2) is 0 Å². The Hall–Kier alpha value is -2.67. The van der Waals surface area contributed by atoms with Crippen molar-refractivity contribution in [1.29, 1.82) is 0 Å². The fourth-order valence-electron chi connectivity index (χ4n) is 4.05. The first-order valence-corrected chi connectivity index (χ1v) is 10.3. The lowest BCUT2D eigenvalue weighted by Gasteiger charge is -2.39. The van der Waals surface area contributed by atoms with Gasteiger partial charge in [-0.25, -0.2) is 4.98 Å². The van der Waals surface area contributed by atoms with Crippen LogP contribution < -0.4 is 4.90 Å². The number of rotatable bonds is 3. The molecule has 2 fully saturated rings. The third kappa shape index (κ3) is 4.50. The van der Waals surface area contributed by atoms with Crippen LogP contribution in [0.25, 0.3) is 0 Å². The second-order valence-corrected chi connectivity index (χ2v) is 7.91. The van der Waals surface area contributed by atoms with E-state index in [2.05, 4.69) is 14.9 Å². The second-order valence-electron chi connectivity index (χ2n) is 7.47. The van der Waals surface area contributed by atoms with Crippen molar-refractivity contribution in [3.05, 3.63) is 53.6 Å². The molecular weight excluding hydrogens is 390 g/mol. The zero-order valence-corrected chi connectivity index (χ0v) is 17.0. The Morgan fingerprint density at radius 1 is 1.03 bits per heavy atom. The van der Waals surface area contributed by atoms with Gasteiger partial charge < -0.3 is 14.7 Å². The summed E-state index contributed by atoms with van der Waals surface area (Å²) in [6.07, 6.45) is 6.17. The molecule has 152 valence electrons. The molecule has 0 aliphatic carbocycles. The molecule has 8 heteroatoms. The monoisotopic (exact) mass is 413 g/mol. The maximum Gasteiger partial charge on any atom is 0.274 e. The van der Waals surface area contributed by atoms with Crippen LogP contribution >= 0.6 is 11.6 Å². The summed E-state index contributed by atoms with van der Waals surface area (Å²) in [6, 6.07) is 7.80. The summed E-state index contributed by atoms with van der Waals surface area (Å²) in [5.41, 5.74) is 1.42. The normalized spacial score (nSPS) is 19.9. The number of anilines is 1. The molecule has 4 rings (SSSR count). The van der Waals surface area contributed by atoms with Gasteiger partial charge in [0, 0.05) is 62.4 Å². The lowest BCUT2D eigenvalue weighted by molar-refractivity contribution is -0.137. The maximum atomic E-state index is 13.1. The Kier molecular flexibility index (Phi) is 5.94. The van der Waals surface area contributed by atoms with Crippen LogP contribution in [0.5, 0.6) is 0 Å². The Morgan fingerprint density at radius 3 is 2.59 bits per heavy atom. The van der Waals surface area contributed by atoms with Crippen LogP contribution in [0, 0.1) is 5.92 Å². The van der Waals surface area contributed by atoms with Gasteiger partial charge in [-0.15, -0.1) is 0 Å². The highest BCUT2D eigenvalue weighted by Crippen LogP contribution is 2.24. The second kappa shape index (κ2) is 8.78. The molecule has 7 nitrogen and oxygen atoms in total. The van der Waals surface area contributed by atoms with Crippen molar-refractivity contribution >= 4 is 29.1 Å². The molecule has 1 aromatic heterocycles. The van der Waals surface area contributed by atoms with E-state index in [0.717, 1.165) is 36.6 Å². The van der Waals surface area contributed by atoms with Crippen LogP contribution in [-0.2, 0) is 4.79 Å². The number of benzene rings is 1. The predicted octanol–water partition coefficient (Wildman–Crippen LogP) is 2.33. The van der Waals surface area contributed by atoms with Gasteiger partial charge in [-0.1, -0.05) is 17.7 Å². The molecule has 2 aliphatic rings. The summed E-state index contributed by atoms with van der Waals surface area (Å²) in [4.78, 5) is 39.7. The van der Waals surface area contributed by atoms with Gasteiger partial charge in [0.1, 0.15) is 5.69 Å². The highest BCUT2D eigenvalue weighted by Gasteiger charge is 2.33. The number of aromatic nitrogens is 2. The van der Waals surface area contributed by atoms with E-state index in [9.17, 15) is 9.59 Å². The van der Waals surface area contributed by atoms with Gasteiger partial charge >= 0.3 is 0 Å². The summed E-state index contributed by atoms with van der Waals surface area (Å²) in [7, 11) is 0. The van der Waals surface area contributed by atoms with Crippen LogP contribution in [-0.4, -0.2) is 70.9 Å². The first-order valence-electron chi connectivity index (χ1n) is 9.96. The molecule has 1 atom stereocenters. The van der Waals surface area contributed by atoms with Gasteiger partial charge in [-0.05, 0) is 31.0 Å². The predicted molar refractivity (Wildman–Crippen MR) is 111 cm³/mol. The third-order valence-corrected chi connectivity index (χ3v) is 5.84. The maximum absolute atomic E-state index is 13.1. The Bertz CT molecular complexity index is 870. The number of piperidine rings is 1. The molecule has 0 unspecified atom stereocenters. The first kappa shape index (κ1) is 19.6. The first-order chi connectivity index (χ1) is 14.1. The van der Waals surface area contributed by atoms with Gasteiger partial charge in [-0.2, -0.15) is 0 Å². The van der Waals surface area contributed by atoms with Crippen LogP contribution in [0.2, 0.25) is 5.02 Å². The van der Waals surface area contributed by atoms with Crippen molar-refractivity contribution < 1.29 is 9.59 Å². The fourth-order valence-corrected chi connectivity index (χ4v) is 4.24. The van der Waals surface area contributed by atoms with Gasteiger partial charge in [0.05, 0.1) is 12.1 Å². The van der Waals surface area contributed by atoms with Crippen LogP contribution in [0.15, 0.2) is 42.9 Å². The van der Waals surface area contributed by atoms with E-state index in [1.54, 1.807) is 11.1 Å². The Balaban J connectivity index is 1.34. The molecular formula is C21H24ClN5O2. The molecule has 2 saturated heterocycles. The Morgan fingerprint density at radius 2 is 1.86 bits per heavy atom. The minimum Gasteiger partial charge on any atom is -0.368 e. The van der Waals surface area contributed by atoms with E-state index < -0.39 is 0 Å². The standard InChI is InChI=1S/C21H24ClN5O2/c22-17-4-1-5-18(13-17)25-9-11-26(12-10-25)20(28)16-3-2-8-27(15-16)21(29)19-14-23-6-7-24-19/h1,4-7,13-14,16H,2-3,8-12,15H2/t16-/m0/s1. The molecule has 0 saturated carbocycles. The van der Waals surface area contributed by atoms with E-state index in [1.165, 1.54) is 12.4 Å². The fraction of sp³-hybridized carbons (Fsp3) is 0.429. The minimum atomic E-state index is -0.152. The average molecular weight is 414 g/mol. The molecule has 1 aromatic carbocycles. The number of likely N-dealkylation sites (tertiary alicyclic amines) is 1. The molecule has 2 amide bonds. The molecule has 29 heavy (non-hydrogen) atoms. The van der Waals surface area contributed by atoms with Gasteiger partial charge in [0.25, 0.3) is 5.91 Å². The zero-order valence-electron chi connectivity index (χ0n) is 16.2. The van der Waals surface area contributed by atoms with Crippen molar-refractivity contribution in [1.82, 2.24) is 19.8 Å². The lowest BCUT2D eigenvalue weighted by Crippen LogP contribution is -2.53. The van der Waals surface area contributed by atoms with Gasteiger partial charge in [0.2, 0.25) is 5.91 Å². The number of carbonyl (C=O) groups is 2. The SMILES string of the molecule is O=C(c1cnccn1)N1CCC[C@H](C(=O)N2CCN(c3cccc(Cl)c3)CC2)C1. The van der Waals surface area contributed by atoms with E-state index >= 15 is 0 Å². The number of amides is 2. The largest absolute Gasteiger partial charge is 0.368 e. The van der Waals surface area contributed by atoms with Crippen molar-refractivity contribution in [2.45, 2.75) is 12.8 Å². The molecule has 0 N–H and O–H groups in total. The molecule has 2 aliphatic heterocycles. The summed E-state index contributed by atoms with van der Waals surface area (Å²) in [5.74, 6) is -0.157. The zero-order chi connectivity index (χ0) is 20.2. The van der Waals surface area contributed by atoms with Gasteiger partial charge in [-0.3, -0.25) is 14.6 Å². The summed E-state index contributed by atoms with van der Waals surface area (Å²) in [6.45, 7) is 4.02. The van der Waals surface area contributed by atoms with E-state index in [1.807, 2.05) is 29.2 Å². The number of carbonyl (C=O) groups excluding carboxylic acids is 2. The number of hydrogen-bond donors (Lipinski definition) is 0. The number of nitrogens with zero attached hydrogens (tertiary/aromatic N) is 5. The molecule has 0 spiro atoms. The van der Waals surface area contributed by atoms with E-state index in [4.69, 9.17) is 11.6 Å². The topological polar surface area (TPSA) is 69.6 Å². The minimum absolute atomic E-state index is 0.146. The Labute approximate surface area is 175 Å². The summed E-state index contributed by atoms with van der Waals surface area (Å²) in [5, 5.41) is 0.719.